The van der Waals surface area contributed by atoms with E-state index in [1.165, 1.54) is 44.9 Å². The smallest absolute Gasteiger partial charge is 0.0456 e. The molecule has 2 heteroatoms. The molecule has 0 heterocycles. The third-order valence-electron chi connectivity index (χ3n) is 3.47. The Labute approximate surface area is 94.5 Å². The second-order valence-corrected chi connectivity index (χ2v) is 5.07. The van der Waals surface area contributed by atoms with Crippen molar-refractivity contribution in [1.82, 2.24) is 5.32 Å². The van der Waals surface area contributed by atoms with Crippen molar-refractivity contribution in [1.29, 1.82) is 0 Å². The Balaban J connectivity index is 1.98. The summed E-state index contributed by atoms with van der Waals surface area (Å²) in [4.78, 5) is 0. The van der Waals surface area contributed by atoms with E-state index < -0.39 is 0 Å². The van der Waals surface area contributed by atoms with Crippen molar-refractivity contribution >= 4 is 0 Å². The molecule has 0 radical (unpaired) electrons. The Morgan fingerprint density at radius 2 is 1.87 bits per heavy atom. The predicted molar refractivity (Wildman–Crippen MR) is 65.0 cm³/mol. The highest BCUT2D eigenvalue weighted by molar-refractivity contribution is 4.70. The molecule has 1 saturated carbocycles. The van der Waals surface area contributed by atoms with Crippen LogP contribution in [0.4, 0.5) is 0 Å². The zero-order valence-electron chi connectivity index (χ0n) is 10.2. The number of aliphatic hydroxyl groups is 1. The molecule has 0 aromatic heterocycles. The molecule has 1 atom stereocenters. The van der Waals surface area contributed by atoms with Gasteiger partial charge in [0, 0.05) is 12.6 Å². The van der Waals surface area contributed by atoms with Gasteiger partial charge in [0.25, 0.3) is 0 Å². The minimum Gasteiger partial charge on any atom is -0.396 e. The highest BCUT2D eigenvalue weighted by Crippen LogP contribution is 2.17. The standard InChI is InChI=1S/C13H27NO/c1-12(11-15)7-6-10-14-13-8-4-2-3-5-9-13/h12-15H,2-11H2,1H3. The van der Waals surface area contributed by atoms with Crippen molar-refractivity contribution in [3.8, 4) is 0 Å². The van der Waals surface area contributed by atoms with Crippen LogP contribution in [0.3, 0.4) is 0 Å². The minimum atomic E-state index is 0.337. The Hall–Kier alpha value is -0.0800. The summed E-state index contributed by atoms with van der Waals surface area (Å²) in [5.74, 6) is 0.473. The number of hydrogen-bond acceptors (Lipinski definition) is 2. The molecule has 1 unspecified atom stereocenters. The third-order valence-corrected chi connectivity index (χ3v) is 3.47. The molecule has 15 heavy (non-hydrogen) atoms. The zero-order valence-corrected chi connectivity index (χ0v) is 10.2. The van der Waals surface area contributed by atoms with E-state index in [0.29, 0.717) is 12.5 Å². The van der Waals surface area contributed by atoms with Crippen LogP contribution in [-0.4, -0.2) is 24.3 Å². The van der Waals surface area contributed by atoms with Gasteiger partial charge in [-0.25, -0.2) is 0 Å². The van der Waals surface area contributed by atoms with E-state index in [9.17, 15) is 0 Å². The lowest BCUT2D eigenvalue weighted by molar-refractivity contribution is 0.227. The van der Waals surface area contributed by atoms with Crippen molar-refractivity contribution in [2.45, 2.75) is 64.3 Å². The van der Waals surface area contributed by atoms with E-state index in [1.54, 1.807) is 0 Å². The van der Waals surface area contributed by atoms with Gasteiger partial charge in [-0.15, -0.1) is 0 Å². The molecule has 1 fully saturated rings. The number of nitrogens with one attached hydrogen (secondary N) is 1. The molecule has 0 aromatic rings. The van der Waals surface area contributed by atoms with Crippen LogP contribution < -0.4 is 5.32 Å². The topological polar surface area (TPSA) is 32.3 Å². The van der Waals surface area contributed by atoms with Gasteiger partial charge in [0.05, 0.1) is 0 Å². The van der Waals surface area contributed by atoms with Gasteiger partial charge in [0.1, 0.15) is 0 Å². The molecule has 1 rings (SSSR count). The van der Waals surface area contributed by atoms with Crippen LogP contribution in [0.5, 0.6) is 0 Å². The van der Waals surface area contributed by atoms with Crippen LogP contribution >= 0.6 is 0 Å². The van der Waals surface area contributed by atoms with Crippen LogP contribution in [-0.2, 0) is 0 Å². The fourth-order valence-electron chi connectivity index (χ4n) is 2.33. The first-order chi connectivity index (χ1) is 7.33. The van der Waals surface area contributed by atoms with E-state index in [0.717, 1.165) is 19.0 Å². The molecule has 0 aromatic carbocycles. The first-order valence-electron chi connectivity index (χ1n) is 6.67. The number of aliphatic hydroxyl groups excluding tert-OH is 1. The van der Waals surface area contributed by atoms with Crippen molar-refractivity contribution < 1.29 is 5.11 Å². The van der Waals surface area contributed by atoms with Gasteiger partial charge in [-0.05, 0) is 38.1 Å². The van der Waals surface area contributed by atoms with E-state index in [-0.39, 0.29) is 0 Å². The maximum atomic E-state index is 8.90. The summed E-state index contributed by atoms with van der Waals surface area (Å²) in [7, 11) is 0. The Kier molecular flexibility index (Phi) is 7.03. The molecule has 90 valence electrons. The summed E-state index contributed by atoms with van der Waals surface area (Å²) in [6.07, 6.45) is 10.8. The van der Waals surface area contributed by atoms with Crippen molar-refractivity contribution in [2.24, 2.45) is 5.92 Å². The van der Waals surface area contributed by atoms with Gasteiger partial charge in [-0.2, -0.15) is 0 Å². The van der Waals surface area contributed by atoms with Gasteiger partial charge in [-0.3, -0.25) is 0 Å². The SMILES string of the molecule is CC(CO)CCCNC1CCCCCC1. The first-order valence-corrected chi connectivity index (χ1v) is 6.67. The van der Waals surface area contributed by atoms with Gasteiger partial charge < -0.3 is 10.4 Å². The van der Waals surface area contributed by atoms with Gasteiger partial charge in [-0.1, -0.05) is 32.6 Å². The minimum absolute atomic E-state index is 0.337. The summed E-state index contributed by atoms with van der Waals surface area (Å²) in [5, 5.41) is 12.6. The quantitative estimate of drug-likeness (QED) is 0.525. The van der Waals surface area contributed by atoms with Gasteiger partial charge in [0.2, 0.25) is 0 Å². The molecule has 0 amide bonds. The maximum Gasteiger partial charge on any atom is 0.0456 e. The molecule has 0 spiro atoms. The fraction of sp³-hybridized carbons (Fsp3) is 1.00. The average Bonchev–Trinajstić information content (AvgIpc) is 2.52. The van der Waals surface area contributed by atoms with E-state index >= 15 is 0 Å². The molecule has 2 nitrogen and oxygen atoms in total. The molecule has 0 aliphatic heterocycles. The normalized spacial score (nSPS) is 21.2. The van der Waals surface area contributed by atoms with Crippen LogP contribution in [0.15, 0.2) is 0 Å². The lowest BCUT2D eigenvalue weighted by Gasteiger charge is -2.16. The summed E-state index contributed by atoms with van der Waals surface area (Å²) in [5.41, 5.74) is 0. The number of rotatable bonds is 6. The summed E-state index contributed by atoms with van der Waals surface area (Å²) in [6, 6.07) is 0.775. The second-order valence-electron chi connectivity index (χ2n) is 5.07. The van der Waals surface area contributed by atoms with Crippen molar-refractivity contribution in [3.63, 3.8) is 0 Å². The Morgan fingerprint density at radius 1 is 1.20 bits per heavy atom. The van der Waals surface area contributed by atoms with E-state index in [1.807, 2.05) is 0 Å². The maximum absolute atomic E-state index is 8.90. The molecule has 2 N–H and O–H groups in total. The molecule has 0 bridgehead atoms. The Bertz CT molecular complexity index is 141. The predicted octanol–water partition coefficient (Wildman–Crippen LogP) is 2.71. The van der Waals surface area contributed by atoms with Crippen LogP contribution in [0.1, 0.15) is 58.3 Å². The highest BCUT2D eigenvalue weighted by atomic mass is 16.3. The summed E-state index contributed by atoms with van der Waals surface area (Å²) >= 11 is 0. The highest BCUT2D eigenvalue weighted by Gasteiger charge is 2.10. The van der Waals surface area contributed by atoms with Gasteiger partial charge in [0.15, 0.2) is 0 Å². The lowest BCUT2D eigenvalue weighted by atomic mass is 10.1. The van der Waals surface area contributed by atoms with Crippen LogP contribution in [0, 0.1) is 5.92 Å². The second kappa shape index (κ2) is 8.12. The average molecular weight is 213 g/mol. The third kappa shape index (κ3) is 6.16. The monoisotopic (exact) mass is 213 g/mol. The number of hydrogen-bond donors (Lipinski definition) is 2. The van der Waals surface area contributed by atoms with Crippen molar-refractivity contribution in [2.75, 3.05) is 13.2 Å². The van der Waals surface area contributed by atoms with E-state index in [4.69, 9.17) is 5.11 Å². The lowest BCUT2D eigenvalue weighted by Crippen LogP contribution is -2.29. The van der Waals surface area contributed by atoms with Crippen LogP contribution in [0.25, 0.3) is 0 Å². The van der Waals surface area contributed by atoms with Crippen LogP contribution in [0.2, 0.25) is 0 Å². The molecular weight excluding hydrogens is 186 g/mol. The molecule has 1 aliphatic rings. The van der Waals surface area contributed by atoms with E-state index in [2.05, 4.69) is 12.2 Å². The van der Waals surface area contributed by atoms with Gasteiger partial charge >= 0.3 is 0 Å². The summed E-state index contributed by atoms with van der Waals surface area (Å²) in [6.45, 7) is 3.59. The zero-order chi connectivity index (χ0) is 10.9. The molecule has 1 aliphatic carbocycles. The van der Waals surface area contributed by atoms with Crippen molar-refractivity contribution in [3.05, 3.63) is 0 Å². The first kappa shape index (κ1) is 13.0. The summed E-state index contributed by atoms with van der Waals surface area (Å²) < 4.78 is 0. The Morgan fingerprint density at radius 3 is 2.47 bits per heavy atom. The fourth-order valence-corrected chi connectivity index (χ4v) is 2.33. The molecule has 0 saturated heterocycles. The molecular formula is C13H27NO. The largest absolute Gasteiger partial charge is 0.396 e.